The van der Waals surface area contributed by atoms with E-state index in [2.05, 4.69) is 15.7 Å². The summed E-state index contributed by atoms with van der Waals surface area (Å²) < 4.78 is 9.34. The van der Waals surface area contributed by atoms with E-state index in [9.17, 15) is 4.79 Å². The Morgan fingerprint density at radius 3 is 2.82 bits per heavy atom. The fraction of sp³-hybridized carbons (Fsp3) is 0.364. The molecule has 0 atom stereocenters. The molecule has 0 aromatic carbocycles. The number of nitrogens with zero attached hydrogens (tertiary/aromatic N) is 6. The van der Waals surface area contributed by atoms with E-state index < -0.39 is 0 Å². The zero-order valence-electron chi connectivity index (χ0n) is 18.8. The molecule has 1 aliphatic heterocycles. The molecule has 0 spiro atoms. The van der Waals surface area contributed by atoms with Gasteiger partial charge < -0.3 is 24.8 Å². The second-order valence-corrected chi connectivity index (χ2v) is 9.15. The number of amides is 1. The van der Waals surface area contributed by atoms with Gasteiger partial charge in [0.25, 0.3) is 5.91 Å². The maximum Gasteiger partial charge on any atom is 0.254 e. The molecule has 0 saturated carbocycles. The Morgan fingerprint density at radius 1 is 1.27 bits per heavy atom. The minimum atomic E-state index is -0.0360. The molecule has 0 radical (unpaired) electrons. The predicted molar refractivity (Wildman–Crippen MR) is 129 cm³/mol. The molecule has 0 unspecified atom stereocenters. The van der Waals surface area contributed by atoms with Crippen molar-refractivity contribution < 1.29 is 9.53 Å². The monoisotopic (exact) mass is 466 g/mol. The molecule has 10 nitrogen and oxygen atoms in total. The number of thiophene rings is 1. The largest absolute Gasteiger partial charge is 0.381 e. The summed E-state index contributed by atoms with van der Waals surface area (Å²) in [5.41, 5.74) is 3.29. The third-order valence-electron chi connectivity index (χ3n) is 5.55. The van der Waals surface area contributed by atoms with Gasteiger partial charge in [0.2, 0.25) is 5.95 Å². The average Bonchev–Trinajstić information content (AvgIpc) is 3.53. The second-order valence-electron chi connectivity index (χ2n) is 8.24. The quantitative estimate of drug-likeness (QED) is 0.450. The van der Waals surface area contributed by atoms with E-state index in [1.807, 2.05) is 47.7 Å². The van der Waals surface area contributed by atoms with E-state index in [1.165, 1.54) is 11.3 Å². The van der Waals surface area contributed by atoms with E-state index in [-0.39, 0.29) is 11.9 Å². The Bertz CT molecular complexity index is 1280. The third-order valence-corrected chi connectivity index (χ3v) is 6.40. The highest BCUT2D eigenvalue weighted by molar-refractivity contribution is 7.14. The molecule has 4 aromatic heterocycles. The summed E-state index contributed by atoms with van der Waals surface area (Å²) >= 11 is 1.45. The fourth-order valence-electron chi connectivity index (χ4n) is 3.87. The molecule has 4 aromatic rings. The summed E-state index contributed by atoms with van der Waals surface area (Å²) in [5.74, 6) is 1.20. The van der Waals surface area contributed by atoms with Crippen LogP contribution in [-0.2, 0) is 11.8 Å². The number of aryl methyl sites for hydroxylation is 1. The van der Waals surface area contributed by atoms with Gasteiger partial charge in [-0.25, -0.2) is 4.98 Å². The van der Waals surface area contributed by atoms with Gasteiger partial charge in [-0.2, -0.15) is 10.1 Å². The predicted octanol–water partition coefficient (Wildman–Crippen LogP) is 3.25. The minimum Gasteiger partial charge on any atom is -0.381 e. The number of carbonyl (C=O) groups excluding carboxylic acids is 1. The summed E-state index contributed by atoms with van der Waals surface area (Å²) in [7, 11) is 5.38. The summed E-state index contributed by atoms with van der Waals surface area (Å²) in [6, 6.07) is 4.07. The van der Waals surface area contributed by atoms with Crippen molar-refractivity contribution in [3.63, 3.8) is 0 Å². The Kier molecular flexibility index (Phi) is 5.73. The summed E-state index contributed by atoms with van der Waals surface area (Å²) in [5, 5.41) is 13.8. The van der Waals surface area contributed by atoms with Gasteiger partial charge in [0.15, 0.2) is 5.82 Å². The molecule has 33 heavy (non-hydrogen) atoms. The number of carbonyl (C=O) groups is 1. The standard InChI is InChI=1S/C22H26N8O2S/c1-28(2)21(31)14-10-18(33-13-14)26-22-25-17-4-7-30(16-11-23-29(3)12-16)19(17)20(27-22)24-15-5-8-32-9-6-15/h4,7,10-13,15H,5-6,8-9H2,1-3H3,(H2,24,25,26,27). The summed E-state index contributed by atoms with van der Waals surface area (Å²) in [6.45, 7) is 1.47. The number of ether oxygens (including phenoxy) is 1. The van der Waals surface area contributed by atoms with Gasteiger partial charge in [0.05, 0.1) is 28.0 Å². The van der Waals surface area contributed by atoms with Crippen LogP contribution in [0.15, 0.2) is 36.1 Å². The summed E-state index contributed by atoms with van der Waals surface area (Å²) in [6.07, 6.45) is 7.59. The highest BCUT2D eigenvalue weighted by Gasteiger charge is 2.20. The first-order valence-corrected chi connectivity index (χ1v) is 11.7. The molecule has 5 rings (SSSR count). The molecule has 2 N–H and O–H groups in total. The van der Waals surface area contributed by atoms with Crippen molar-refractivity contribution in [2.75, 3.05) is 37.9 Å². The number of aromatic nitrogens is 5. The Hall–Kier alpha value is -3.44. The molecule has 1 amide bonds. The number of fused-ring (bicyclic) bond motifs is 1. The van der Waals surface area contributed by atoms with Gasteiger partial charge in [0, 0.05) is 58.2 Å². The van der Waals surface area contributed by atoms with Crippen molar-refractivity contribution in [2.24, 2.45) is 7.05 Å². The van der Waals surface area contributed by atoms with Crippen molar-refractivity contribution >= 4 is 45.0 Å². The smallest absolute Gasteiger partial charge is 0.254 e. The van der Waals surface area contributed by atoms with Gasteiger partial charge in [-0.15, -0.1) is 11.3 Å². The van der Waals surface area contributed by atoms with Crippen LogP contribution in [0.25, 0.3) is 16.7 Å². The first-order chi connectivity index (χ1) is 16.0. The molecule has 1 saturated heterocycles. The van der Waals surface area contributed by atoms with Gasteiger partial charge >= 0.3 is 0 Å². The highest BCUT2D eigenvalue weighted by atomic mass is 32.1. The van der Waals surface area contributed by atoms with Gasteiger partial charge in [-0.3, -0.25) is 9.48 Å². The van der Waals surface area contributed by atoms with E-state index in [1.54, 1.807) is 23.7 Å². The number of hydrogen-bond donors (Lipinski definition) is 2. The minimum absolute atomic E-state index is 0.0360. The number of hydrogen-bond acceptors (Lipinski definition) is 8. The highest BCUT2D eigenvalue weighted by Crippen LogP contribution is 2.30. The van der Waals surface area contributed by atoms with E-state index in [4.69, 9.17) is 14.7 Å². The van der Waals surface area contributed by atoms with Crippen LogP contribution in [0.1, 0.15) is 23.2 Å². The van der Waals surface area contributed by atoms with E-state index >= 15 is 0 Å². The molecule has 11 heteroatoms. The summed E-state index contributed by atoms with van der Waals surface area (Å²) in [4.78, 5) is 23.4. The SMILES string of the molecule is CN(C)C(=O)c1csc(Nc2nc(NC3CCOCC3)c3c(ccn3-c3cnn(C)c3)n2)c1. The van der Waals surface area contributed by atoms with Crippen molar-refractivity contribution in [1.82, 2.24) is 29.2 Å². The van der Waals surface area contributed by atoms with Crippen molar-refractivity contribution in [1.29, 1.82) is 0 Å². The van der Waals surface area contributed by atoms with Crippen LogP contribution in [0, 0.1) is 0 Å². The molecule has 0 bridgehead atoms. The average molecular weight is 467 g/mol. The molecule has 0 aliphatic carbocycles. The number of nitrogens with one attached hydrogen (secondary N) is 2. The van der Waals surface area contributed by atoms with Crippen molar-refractivity contribution in [3.05, 3.63) is 41.7 Å². The van der Waals surface area contributed by atoms with Crippen LogP contribution >= 0.6 is 11.3 Å². The van der Waals surface area contributed by atoms with Gasteiger partial charge in [0.1, 0.15) is 5.52 Å². The maximum atomic E-state index is 12.2. The second kappa shape index (κ2) is 8.83. The Morgan fingerprint density at radius 2 is 2.09 bits per heavy atom. The lowest BCUT2D eigenvalue weighted by molar-refractivity contribution is 0.0828. The van der Waals surface area contributed by atoms with Crippen molar-refractivity contribution in [2.45, 2.75) is 18.9 Å². The molecular weight excluding hydrogens is 440 g/mol. The van der Waals surface area contributed by atoms with Crippen LogP contribution in [-0.4, -0.2) is 68.5 Å². The van der Waals surface area contributed by atoms with Crippen LogP contribution < -0.4 is 10.6 Å². The Labute approximate surface area is 195 Å². The van der Waals surface area contributed by atoms with Crippen LogP contribution in [0.4, 0.5) is 16.8 Å². The zero-order valence-corrected chi connectivity index (χ0v) is 19.6. The van der Waals surface area contributed by atoms with Gasteiger partial charge in [-0.1, -0.05) is 0 Å². The molecule has 5 heterocycles. The molecule has 1 fully saturated rings. The first-order valence-electron chi connectivity index (χ1n) is 10.8. The van der Waals surface area contributed by atoms with Crippen LogP contribution in [0.5, 0.6) is 0 Å². The van der Waals surface area contributed by atoms with Gasteiger partial charge in [-0.05, 0) is 25.0 Å². The van der Waals surface area contributed by atoms with Crippen LogP contribution in [0.3, 0.4) is 0 Å². The topological polar surface area (TPSA) is 102 Å². The van der Waals surface area contributed by atoms with Crippen molar-refractivity contribution in [3.8, 4) is 5.69 Å². The lowest BCUT2D eigenvalue weighted by atomic mass is 10.1. The molecular formula is C22H26N8O2S. The van der Waals surface area contributed by atoms with E-state index in [0.29, 0.717) is 11.5 Å². The lowest BCUT2D eigenvalue weighted by Crippen LogP contribution is -2.28. The Balaban J connectivity index is 1.51. The van der Waals surface area contributed by atoms with Crippen LogP contribution in [0.2, 0.25) is 0 Å². The first kappa shape index (κ1) is 21.4. The maximum absolute atomic E-state index is 12.2. The van der Waals surface area contributed by atoms with E-state index in [0.717, 1.165) is 53.6 Å². The molecule has 1 aliphatic rings. The number of rotatable bonds is 6. The lowest BCUT2D eigenvalue weighted by Gasteiger charge is -2.24. The fourth-order valence-corrected chi connectivity index (χ4v) is 4.64. The third kappa shape index (κ3) is 4.41. The zero-order chi connectivity index (χ0) is 22.9. The molecule has 172 valence electrons. The normalized spacial score (nSPS) is 14.5. The number of anilines is 3.